The summed E-state index contributed by atoms with van der Waals surface area (Å²) in [6.07, 6.45) is 1.68. The smallest absolute Gasteiger partial charge is 0.255 e. The second-order valence-electron chi connectivity index (χ2n) is 4.47. The van der Waals surface area contributed by atoms with Crippen LogP contribution in [0.3, 0.4) is 0 Å². The van der Waals surface area contributed by atoms with Crippen LogP contribution in [0.15, 0.2) is 18.2 Å². The van der Waals surface area contributed by atoms with E-state index >= 15 is 0 Å². The van der Waals surface area contributed by atoms with Gasteiger partial charge in [0, 0.05) is 18.2 Å². The Labute approximate surface area is 106 Å². The summed E-state index contributed by atoms with van der Waals surface area (Å²) in [5.74, 6) is 1.04. The minimum absolute atomic E-state index is 0.133. The Bertz CT molecular complexity index is 442. The largest absolute Gasteiger partial charge is 0.497 e. The minimum Gasteiger partial charge on any atom is -0.497 e. The van der Waals surface area contributed by atoms with Crippen molar-refractivity contribution in [2.24, 2.45) is 5.73 Å². The van der Waals surface area contributed by atoms with Gasteiger partial charge < -0.3 is 20.5 Å². The molecule has 5 heteroatoms. The first-order chi connectivity index (χ1) is 8.63. The summed E-state index contributed by atoms with van der Waals surface area (Å²) in [4.78, 5) is 12.1. The predicted octanol–water partition coefficient (Wildman–Crippen LogP) is 0.923. The Hall–Kier alpha value is -1.75. The third-order valence-electron chi connectivity index (χ3n) is 3.16. The number of benzene rings is 1. The van der Waals surface area contributed by atoms with E-state index in [1.54, 1.807) is 25.3 Å². The molecule has 0 unspecified atom stereocenters. The summed E-state index contributed by atoms with van der Waals surface area (Å²) in [5.41, 5.74) is 6.20. The van der Waals surface area contributed by atoms with Crippen LogP contribution in [-0.2, 0) is 0 Å². The summed E-state index contributed by atoms with van der Waals surface area (Å²) < 4.78 is 10.3. The second-order valence-corrected chi connectivity index (χ2v) is 4.47. The zero-order chi connectivity index (χ0) is 13.1. The van der Waals surface area contributed by atoms with E-state index < -0.39 is 0 Å². The van der Waals surface area contributed by atoms with Crippen LogP contribution in [0, 0.1) is 0 Å². The third kappa shape index (κ3) is 2.56. The molecule has 1 aliphatic carbocycles. The van der Waals surface area contributed by atoms with Crippen LogP contribution in [0.1, 0.15) is 23.2 Å². The van der Waals surface area contributed by atoms with Crippen molar-refractivity contribution in [2.45, 2.75) is 24.9 Å². The van der Waals surface area contributed by atoms with Crippen molar-refractivity contribution in [3.8, 4) is 11.5 Å². The van der Waals surface area contributed by atoms with Gasteiger partial charge in [-0.2, -0.15) is 0 Å². The van der Waals surface area contributed by atoms with E-state index in [4.69, 9.17) is 15.2 Å². The second kappa shape index (κ2) is 5.27. The lowest BCUT2D eigenvalue weighted by Crippen LogP contribution is -2.50. The fraction of sp³-hybridized carbons (Fsp3) is 0.462. The number of carbonyl (C=O) groups is 1. The maximum Gasteiger partial charge on any atom is 0.255 e. The highest BCUT2D eigenvalue weighted by atomic mass is 16.5. The molecular formula is C13H18N2O3. The molecule has 98 valence electrons. The lowest BCUT2D eigenvalue weighted by molar-refractivity contribution is 0.0907. The predicted molar refractivity (Wildman–Crippen MR) is 68.0 cm³/mol. The fourth-order valence-electron chi connectivity index (χ4n) is 2.03. The molecule has 2 rings (SSSR count). The van der Waals surface area contributed by atoms with Crippen molar-refractivity contribution >= 4 is 5.91 Å². The molecule has 0 aliphatic heterocycles. The lowest BCUT2D eigenvalue weighted by atomic mass is 9.87. The number of hydrogen-bond donors (Lipinski definition) is 2. The van der Waals surface area contributed by atoms with E-state index in [0.29, 0.717) is 17.1 Å². The summed E-state index contributed by atoms with van der Waals surface area (Å²) in [5, 5.41) is 2.94. The first kappa shape index (κ1) is 12.7. The molecule has 5 nitrogen and oxygen atoms in total. The first-order valence-corrected chi connectivity index (χ1v) is 5.92. The van der Waals surface area contributed by atoms with Gasteiger partial charge in [0.2, 0.25) is 0 Å². The van der Waals surface area contributed by atoms with Crippen LogP contribution in [0.4, 0.5) is 0 Å². The highest BCUT2D eigenvalue weighted by Crippen LogP contribution is 2.25. The molecule has 1 aliphatic rings. The molecule has 0 heterocycles. The van der Waals surface area contributed by atoms with Crippen molar-refractivity contribution in [2.75, 3.05) is 14.2 Å². The van der Waals surface area contributed by atoms with Crippen molar-refractivity contribution < 1.29 is 14.3 Å². The Balaban J connectivity index is 2.09. The van der Waals surface area contributed by atoms with Gasteiger partial charge in [0.1, 0.15) is 11.5 Å². The van der Waals surface area contributed by atoms with Crippen LogP contribution in [0.5, 0.6) is 11.5 Å². The number of methoxy groups -OCH3 is 2. The minimum atomic E-state index is -0.133. The quantitative estimate of drug-likeness (QED) is 0.833. The van der Waals surface area contributed by atoms with E-state index in [1.165, 1.54) is 7.11 Å². The molecule has 0 spiro atoms. The lowest BCUT2D eigenvalue weighted by Gasteiger charge is -2.33. The maximum atomic E-state index is 12.1. The maximum absolute atomic E-state index is 12.1. The number of ether oxygens (including phenoxy) is 2. The Morgan fingerprint density at radius 3 is 2.61 bits per heavy atom. The van der Waals surface area contributed by atoms with E-state index in [-0.39, 0.29) is 18.0 Å². The zero-order valence-corrected chi connectivity index (χ0v) is 10.6. The van der Waals surface area contributed by atoms with Crippen molar-refractivity contribution in [1.29, 1.82) is 0 Å². The zero-order valence-electron chi connectivity index (χ0n) is 10.6. The molecule has 3 N–H and O–H groups in total. The highest BCUT2D eigenvalue weighted by Gasteiger charge is 2.28. The normalized spacial score (nSPS) is 21.9. The fourth-order valence-corrected chi connectivity index (χ4v) is 2.03. The van der Waals surface area contributed by atoms with Gasteiger partial charge >= 0.3 is 0 Å². The van der Waals surface area contributed by atoms with E-state index in [2.05, 4.69) is 5.32 Å². The number of nitrogens with two attached hydrogens (primary N) is 1. The molecule has 0 radical (unpaired) electrons. The van der Waals surface area contributed by atoms with Crippen LogP contribution in [0.2, 0.25) is 0 Å². The molecule has 0 bridgehead atoms. The molecule has 1 saturated carbocycles. The molecule has 0 saturated heterocycles. The van der Waals surface area contributed by atoms with E-state index in [1.807, 2.05) is 0 Å². The monoisotopic (exact) mass is 250 g/mol. The summed E-state index contributed by atoms with van der Waals surface area (Å²) in [6.45, 7) is 0. The van der Waals surface area contributed by atoms with Gasteiger partial charge in [0.25, 0.3) is 5.91 Å². The molecule has 0 aromatic heterocycles. The number of rotatable bonds is 4. The molecule has 18 heavy (non-hydrogen) atoms. The molecule has 1 amide bonds. The topological polar surface area (TPSA) is 73.6 Å². The summed E-state index contributed by atoms with van der Waals surface area (Å²) in [6, 6.07) is 5.53. The van der Waals surface area contributed by atoms with Gasteiger partial charge in [-0.15, -0.1) is 0 Å². The Morgan fingerprint density at radius 2 is 2.06 bits per heavy atom. The molecule has 1 fully saturated rings. The van der Waals surface area contributed by atoms with Gasteiger partial charge in [-0.1, -0.05) is 0 Å². The summed E-state index contributed by atoms with van der Waals surface area (Å²) >= 11 is 0. The number of amides is 1. The van der Waals surface area contributed by atoms with Gasteiger partial charge in [0.15, 0.2) is 0 Å². The van der Waals surface area contributed by atoms with Gasteiger partial charge in [0.05, 0.1) is 19.8 Å². The molecule has 0 atom stereocenters. The molecule has 1 aromatic carbocycles. The van der Waals surface area contributed by atoms with Crippen molar-refractivity contribution in [3.05, 3.63) is 23.8 Å². The van der Waals surface area contributed by atoms with Crippen LogP contribution < -0.4 is 20.5 Å². The standard InChI is InChI=1S/C13H18N2O3/c1-17-10-3-4-11(12(7-10)18-2)13(16)15-9-5-8(14)6-9/h3-4,7-9H,5-6,14H2,1-2H3,(H,15,16). The first-order valence-electron chi connectivity index (χ1n) is 5.92. The molecular weight excluding hydrogens is 232 g/mol. The third-order valence-corrected chi connectivity index (χ3v) is 3.16. The number of carbonyl (C=O) groups excluding carboxylic acids is 1. The van der Waals surface area contributed by atoms with Gasteiger partial charge in [-0.25, -0.2) is 0 Å². The van der Waals surface area contributed by atoms with Crippen molar-refractivity contribution in [3.63, 3.8) is 0 Å². The van der Waals surface area contributed by atoms with Crippen molar-refractivity contribution in [1.82, 2.24) is 5.32 Å². The van der Waals surface area contributed by atoms with Crippen LogP contribution in [0.25, 0.3) is 0 Å². The number of nitrogens with one attached hydrogen (secondary N) is 1. The van der Waals surface area contributed by atoms with E-state index in [0.717, 1.165) is 12.8 Å². The Morgan fingerprint density at radius 1 is 1.33 bits per heavy atom. The average molecular weight is 250 g/mol. The Kier molecular flexibility index (Phi) is 3.72. The van der Waals surface area contributed by atoms with Gasteiger partial charge in [-0.05, 0) is 25.0 Å². The van der Waals surface area contributed by atoms with Crippen LogP contribution in [-0.4, -0.2) is 32.2 Å². The SMILES string of the molecule is COc1ccc(C(=O)NC2CC(N)C2)c(OC)c1. The number of hydrogen-bond acceptors (Lipinski definition) is 4. The average Bonchev–Trinajstić information content (AvgIpc) is 2.36. The molecule has 1 aromatic rings. The van der Waals surface area contributed by atoms with E-state index in [9.17, 15) is 4.79 Å². The highest BCUT2D eigenvalue weighted by molar-refractivity contribution is 5.97. The van der Waals surface area contributed by atoms with Crippen LogP contribution >= 0.6 is 0 Å². The summed E-state index contributed by atoms with van der Waals surface area (Å²) in [7, 11) is 3.11. The van der Waals surface area contributed by atoms with Gasteiger partial charge in [-0.3, -0.25) is 4.79 Å².